The number of ether oxygens (including phenoxy) is 2. The number of nitrogens with zero attached hydrogens (tertiary/aromatic N) is 7. The Morgan fingerprint density at radius 1 is 1.00 bits per heavy atom. The van der Waals surface area contributed by atoms with Crippen LogP contribution in [-0.4, -0.2) is 54.6 Å². The predicted molar refractivity (Wildman–Crippen MR) is 131 cm³/mol. The van der Waals surface area contributed by atoms with Crippen LogP contribution in [0.1, 0.15) is 56.7 Å². The molecule has 3 heterocycles. The van der Waals surface area contributed by atoms with Gasteiger partial charge in [-0.15, -0.1) is 10.2 Å². The van der Waals surface area contributed by atoms with Gasteiger partial charge < -0.3 is 9.47 Å². The number of benzene rings is 1. The van der Waals surface area contributed by atoms with E-state index in [2.05, 4.69) is 56.8 Å². The molecule has 0 aliphatic heterocycles. The van der Waals surface area contributed by atoms with Crippen molar-refractivity contribution >= 4 is 0 Å². The van der Waals surface area contributed by atoms with Crippen molar-refractivity contribution in [3.63, 3.8) is 0 Å². The van der Waals surface area contributed by atoms with Gasteiger partial charge in [0.05, 0.1) is 0 Å². The van der Waals surface area contributed by atoms with E-state index >= 15 is 0 Å². The summed E-state index contributed by atoms with van der Waals surface area (Å²) in [5.41, 5.74) is 4.00. The van der Waals surface area contributed by atoms with E-state index in [4.69, 9.17) is 19.6 Å². The van der Waals surface area contributed by atoms with Gasteiger partial charge in [-0.05, 0) is 34.4 Å². The minimum Gasteiger partial charge on any atom is -0.347 e. The maximum Gasteiger partial charge on any atom is 0.231 e. The van der Waals surface area contributed by atoms with Crippen LogP contribution in [-0.2, 0) is 28.2 Å². The molecule has 4 rings (SSSR count). The molecular weight excluding hydrogens is 444 g/mol. The number of hydrogen-bond acceptors (Lipinski definition) is 8. The Hall–Kier alpha value is -3.50. The molecule has 0 unspecified atom stereocenters. The van der Waals surface area contributed by atoms with Gasteiger partial charge in [0.25, 0.3) is 0 Å². The SMILES string of the molecule is CCCCCn1nc(C(CC)(OC)OC)nc1Cc1ccc(-c2ccncc2-c2nn[nH]n2)cc1. The summed E-state index contributed by atoms with van der Waals surface area (Å²) in [5.74, 6) is 1.03. The molecule has 0 bridgehead atoms. The fourth-order valence-corrected chi connectivity index (χ4v) is 4.15. The number of unbranched alkanes of at least 4 members (excludes halogenated alkanes) is 2. The molecule has 184 valence electrons. The Morgan fingerprint density at radius 2 is 1.80 bits per heavy atom. The Kier molecular flexibility index (Phi) is 7.94. The molecule has 4 aromatic rings. The average Bonchev–Trinajstić information content (AvgIpc) is 3.57. The zero-order chi connectivity index (χ0) is 24.7. The number of H-pyrrole nitrogens is 1. The van der Waals surface area contributed by atoms with E-state index in [1.807, 2.05) is 17.7 Å². The third kappa shape index (κ3) is 5.28. The molecule has 1 N–H and O–H groups in total. The number of aromatic nitrogens is 8. The van der Waals surface area contributed by atoms with Crippen LogP contribution in [0.25, 0.3) is 22.5 Å². The van der Waals surface area contributed by atoms with Crippen molar-refractivity contribution in [1.29, 1.82) is 0 Å². The van der Waals surface area contributed by atoms with Crippen LogP contribution in [0.4, 0.5) is 0 Å². The van der Waals surface area contributed by atoms with E-state index in [9.17, 15) is 0 Å². The first-order valence-electron chi connectivity index (χ1n) is 12.0. The van der Waals surface area contributed by atoms with E-state index in [-0.39, 0.29) is 0 Å². The summed E-state index contributed by atoms with van der Waals surface area (Å²) >= 11 is 0. The Bertz CT molecular complexity index is 1190. The minimum absolute atomic E-state index is 0.514. The third-order valence-corrected chi connectivity index (χ3v) is 6.22. The lowest BCUT2D eigenvalue weighted by atomic mass is 9.99. The quantitative estimate of drug-likeness (QED) is 0.239. The molecule has 0 aliphatic carbocycles. The molecule has 1 aromatic carbocycles. The number of pyridine rings is 1. The van der Waals surface area contributed by atoms with Crippen molar-refractivity contribution in [1.82, 2.24) is 40.4 Å². The van der Waals surface area contributed by atoms with E-state index in [0.717, 1.165) is 53.9 Å². The number of tetrazole rings is 1. The lowest BCUT2D eigenvalue weighted by molar-refractivity contribution is -0.222. The molecule has 0 radical (unpaired) electrons. The summed E-state index contributed by atoms with van der Waals surface area (Å²) < 4.78 is 13.4. The largest absolute Gasteiger partial charge is 0.347 e. The van der Waals surface area contributed by atoms with E-state index in [1.54, 1.807) is 26.6 Å². The Balaban J connectivity index is 1.61. The van der Waals surface area contributed by atoms with Crippen molar-refractivity contribution in [2.75, 3.05) is 14.2 Å². The van der Waals surface area contributed by atoms with Crippen LogP contribution in [0.15, 0.2) is 42.7 Å². The maximum absolute atomic E-state index is 5.69. The number of hydrogen-bond donors (Lipinski definition) is 1. The molecule has 10 heteroatoms. The van der Waals surface area contributed by atoms with E-state index < -0.39 is 5.79 Å². The molecular formula is C25H32N8O2. The highest BCUT2D eigenvalue weighted by molar-refractivity contribution is 5.79. The average molecular weight is 477 g/mol. The highest BCUT2D eigenvalue weighted by Gasteiger charge is 2.35. The number of nitrogens with one attached hydrogen (secondary N) is 1. The molecule has 0 spiro atoms. The highest BCUT2D eigenvalue weighted by atomic mass is 16.7. The van der Waals surface area contributed by atoms with Gasteiger partial charge in [0.1, 0.15) is 5.82 Å². The van der Waals surface area contributed by atoms with Gasteiger partial charge in [-0.2, -0.15) is 10.3 Å². The van der Waals surface area contributed by atoms with Crippen LogP contribution in [0, 0.1) is 0 Å². The van der Waals surface area contributed by atoms with E-state index in [1.165, 1.54) is 0 Å². The smallest absolute Gasteiger partial charge is 0.231 e. The van der Waals surface area contributed by atoms with E-state index in [0.29, 0.717) is 24.5 Å². The highest BCUT2D eigenvalue weighted by Crippen LogP contribution is 2.30. The monoisotopic (exact) mass is 476 g/mol. The molecule has 0 atom stereocenters. The summed E-state index contributed by atoms with van der Waals surface area (Å²) in [7, 11) is 3.26. The summed E-state index contributed by atoms with van der Waals surface area (Å²) in [6.07, 6.45) is 8.12. The van der Waals surface area contributed by atoms with Crippen molar-refractivity contribution in [3.8, 4) is 22.5 Å². The molecule has 3 aromatic heterocycles. The zero-order valence-corrected chi connectivity index (χ0v) is 20.7. The van der Waals surface area contributed by atoms with Crippen molar-refractivity contribution in [2.45, 2.75) is 58.3 Å². The van der Waals surface area contributed by atoms with Gasteiger partial charge in [0.2, 0.25) is 17.4 Å². The second-order valence-corrected chi connectivity index (χ2v) is 8.33. The van der Waals surface area contributed by atoms with Crippen LogP contribution < -0.4 is 0 Å². The van der Waals surface area contributed by atoms with Gasteiger partial charge in [-0.25, -0.2) is 9.67 Å². The zero-order valence-electron chi connectivity index (χ0n) is 20.7. The van der Waals surface area contributed by atoms with Gasteiger partial charge >= 0.3 is 0 Å². The minimum atomic E-state index is -0.943. The van der Waals surface area contributed by atoms with Crippen LogP contribution in [0.5, 0.6) is 0 Å². The number of aryl methyl sites for hydroxylation is 1. The summed E-state index contributed by atoms with van der Waals surface area (Å²) in [4.78, 5) is 9.09. The first kappa shape index (κ1) is 24.6. The number of methoxy groups -OCH3 is 2. The fraction of sp³-hybridized carbons (Fsp3) is 0.440. The first-order chi connectivity index (χ1) is 17.1. The first-order valence-corrected chi connectivity index (χ1v) is 12.0. The molecule has 0 saturated heterocycles. The number of aromatic amines is 1. The molecule has 0 fully saturated rings. The third-order valence-electron chi connectivity index (χ3n) is 6.22. The summed E-state index contributed by atoms with van der Waals surface area (Å²) in [5, 5.41) is 19.2. The molecule has 0 amide bonds. The molecule has 0 aliphatic rings. The topological polar surface area (TPSA) is 117 Å². The normalized spacial score (nSPS) is 11.8. The van der Waals surface area contributed by atoms with Gasteiger partial charge in [-0.3, -0.25) is 4.98 Å². The maximum atomic E-state index is 5.69. The van der Waals surface area contributed by atoms with Crippen molar-refractivity contribution < 1.29 is 9.47 Å². The van der Waals surface area contributed by atoms with Crippen molar-refractivity contribution in [2.24, 2.45) is 0 Å². The molecule has 0 saturated carbocycles. The van der Waals surface area contributed by atoms with Crippen LogP contribution in [0.2, 0.25) is 0 Å². The second-order valence-electron chi connectivity index (χ2n) is 8.33. The summed E-state index contributed by atoms with van der Waals surface area (Å²) in [6, 6.07) is 10.4. The lowest BCUT2D eigenvalue weighted by Gasteiger charge is -2.26. The lowest BCUT2D eigenvalue weighted by Crippen LogP contribution is -2.31. The van der Waals surface area contributed by atoms with Crippen molar-refractivity contribution in [3.05, 3.63) is 59.9 Å². The molecule has 10 nitrogen and oxygen atoms in total. The van der Waals surface area contributed by atoms with Crippen LogP contribution >= 0.6 is 0 Å². The fourth-order valence-electron chi connectivity index (χ4n) is 4.15. The number of rotatable bonds is 12. The standard InChI is InChI=1S/C25H32N8O2/c1-5-7-8-15-33-22(27-24(30-33)25(6-2,34-3)35-4)16-18-9-11-19(12-10-18)20-13-14-26-17-21(20)23-28-31-32-29-23/h9-14,17H,5-8,15-16H2,1-4H3,(H,28,29,31,32). The van der Waals surface area contributed by atoms with Gasteiger partial charge in [0.15, 0.2) is 0 Å². The Morgan fingerprint density at radius 3 is 2.46 bits per heavy atom. The van der Waals surface area contributed by atoms with Crippen LogP contribution in [0.3, 0.4) is 0 Å². The predicted octanol–water partition coefficient (Wildman–Crippen LogP) is 4.16. The van der Waals surface area contributed by atoms with Gasteiger partial charge in [-0.1, -0.05) is 51.0 Å². The Labute approximate surface area is 205 Å². The summed E-state index contributed by atoms with van der Waals surface area (Å²) in [6.45, 7) is 5.01. The molecule has 35 heavy (non-hydrogen) atoms. The van der Waals surface area contributed by atoms with Gasteiger partial charge in [0, 0.05) is 51.6 Å². The second kappa shape index (κ2) is 11.3.